The van der Waals surface area contributed by atoms with Gasteiger partial charge in [0.1, 0.15) is 10.7 Å². The minimum Gasteiger partial charge on any atom is -0.399 e. The van der Waals surface area contributed by atoms with Gasteiger partial charge < -0.3 is 5.73 Å². The lowest BCUT2D eigenvalue weighted by atomic mass is 10.3. The number of rotatable bonds is 7. The van der Waals surface area contributed by atoms with Crippen molar-refractivity contribution < 1.29 is 12.8 Å². The van der Waals surface area contributed by atoms with E-state index in [0.29, 0.717) is 6.42 Å². The van der Waals surface area contributed by atoms with Crippen molar-refractivity contribution in [1.82, 2.24) is 4.72 Å². The Morgan fingerprint density at radius 2 is 2.16 bits per heavy atom. The molecule has 0 aliphatic carbocycles. The van der Waals surface area contributed by atoms with E-state index in [9.17, 15) is 12.8 Å². The van der Waals surface area contributed by atoms with Crippen molar-refractivity contribution in [3.8, 4) is 0 Å². The molecule has 0 aromatic heterocycles. The van der Waals surface area contributed by atoms with Gasteiger partial charge in [-0.05, 0) is 43.0 Å². The smallest absolute Gasteiger partial charge is 0.243 e. The molecule has 19 heavy (non-hydrogen) atoms. The molecule has 1 rings (SSSR count). The third-order valence-corrected chi connectivity index (χ3v) is 5.06. The van der Waals surface area contributed by atoms with Gasteiger partial charge in [0.25, 0.3) is 0 Å². The molecule has 1 aromatic carbocycles. The number of nitrogens with two attached hydrogens (primary N) is 1. The van der Waals surface area contributed by atoms with Crippen LogP contribution in [0.25, 0.3) is 0 Å². The van der Waals surface area contributed by atoms with E-state index >= 15 is 0 Å². The molecule has 0 radical (unpaired) electrons. The van der Waals surface area contributed by atoms with Gasteiger partial charge in [0.05, 0.1) is 0 Å². The van der Waals surface area contributed by atoms with Crippen molar-refractivity contribution in [3.05, 3.63) is 24.0 Å². The normalized spacial score (nSPS) is 13.4. The van der Waals surface area contributed by atoms with Crippen LogP contribution in [0, 0.1) is 5.82 Å². The highest BCUT2D eigenvalue weighted by Gasteiger charge is 2.21. The Bertz CT molecular complexity index is 520. The maximum Gasteiger partial charge on any atom is 0.243 e. The molecular weight excluding hydrogens is 287 g/mol. The van der Waals surface area contributed by atoms with Crippen molar-refractivity contribution in [2.24, 2.45) is 0 Å². The van der Waals surface area contributed by atoms with Crippen LogP contribution in [0.3, 0.4) is 0 Å². The third kappa shape index (κ3) is 5.00. The van der Waals surface area contributed by atoms with E-state index in [2.05, 4.69) is 4.72 Å². The van der Waals surface area contributed by atoms with Crippen molar-refractivity contribution in [1.29, 1.82) is 0 Å². The Balaban J connectivity index is 2.75. The Hall–Kier alpha value is -0.790. The van der Waals surface area contributed by atoms with Gasteiger partial charge in [0, 0.05) is 11.7 Å². The highest BCUT2D eigenvalue weighted by atomic mass is 32.2. The van der Waals surface area contributed by atoms with Gasteiger partial charge in [-0.3, -0.25) is 0 Å². The molecule has 3 N–H and O–H groups in total. The lowest BCUT2D eigenvalue weighted by Crippen LogP contribution is -2.33. The first kappa shape index (κ1) is 16.3. The van der Waals surface area contributed by atoms with Crippen LogP contribution in [0.15, 0.2) is 23.1 Å². The zero-order chi connectivity index (χ0) is 14.5. The van der Waals surface area contributed by atoms with Gasteiger partial charge in [-0.25, -0.2) is 17.5 Å². The second kappa shape index (κ2) is 7.12. The molecule has 0 saturated heterocycles. The summed E-state index contributed by atoms with van der Waals surface area (Å²) < 4.78 is 40.1. The number of hydrogen-bond donors (Lipinski definition) is 2. The first-order valence-electron chi connectivity index (χ1n) is 6.02. The van der Waals surface area contributed by atoms with Gasteiger partial charge in [-0.1, -0.05) is 6.92 Å². The Labute approximate surface area is 118 Å². The van der Waals surface area contributed by atoms with E-state index in [1.807, 2.05) is 6.92 Å². The van der Waals surface area contributed by atoms with Gasteiger partial charge in [0.2, 0.25) is 10.0 Å². The monoisotopic (exact) mass is 306 g/mol. The summed E-state index contributed by atoms with van der Waals surface area (Å²) in [4.78, 5) is -0.364. The van der Waals surface area contributed by atoms with Gasteiger partial charge >= 0.3 is 0 Å². The second-order valence-electron chi connectivity index (χ2n) is 4.20. The molecule has 0 bridgehead atoms. The quantitative estimate of drug-likeness (QED) is 0.598. The van der Waals surface area contributed by atoms with E-state index in [1.54, 1.807) is 18.7 Å². The maximum absolute atomic E-state index is 13.6. The zero-order valence-corrected chi connectivity index (χ0v) is 12.7. The first-order valence-corrected chi connectivity index (χ1v) is 8.65. The van der Waals surface area contributed by atoms with Crippen LogP contribution in [-0.4, -0.2) is 26.0 Å². The summed E-state index contributed by atoms with van der Waals surface area (Å²) >= 11 is 1.74. The molecule has 0 aliphatic heterocycles. The summed E-state index contributed by atoms with van der Waals surface area (Å²) in [5.74, 6) is 1.03. The topological polar surface area (TPSA) is 72.2 Å². The van der Waals surface area contributed by atoms with Crippen LogP contribution in [0.5, 0.6) is 0 Å². The molecule has 0 amide bonds. The summed E-state index contributed by atoms with van der Waals surface area (Å²) in [6.45, 7) is 3.81. The lowest BCUT2D eigenvalue weighted by molar-refractivity contribution is 0.540. The molecule has 0 spiro atoms. The van der Waals surface area contributed by atoms with Crippen LogP contribution < -0.4 is 10.5 Å². The summed E-state index contributed by atoms with van der Waals surface area (Å²) in [5, 5.41) is 0. The molecule has 1 unspecified atom stereocenters. The number of hydrogen-bond acceptors (Lipinski definition) is 4. The highest BCUT2D eigenvalue weighted by Crippen LogP contribution is 2.17. The summed E-state index contributed by atoms with van der Waals surface area (Å²) in [7, 11) is -3.83. The molecule has 0 fully saturated rings. The predicted molar refractivity (Wildman–Crippen MR) is 78.2 cm³/mol. The molecule has 0 saturated carbocycles. The Morgan fingerprint density at radius 3 is 2.74 bits per heavy atom. The predicted octanol–water partition coefficient (Wildman–Crippen LogP) is 2.22. The number of benzene rings is 1. The Morgan fingerprint density at radius 1 is 1.47 bits per heavy atom. The lowest BCUT2D eigenvalue weighted by Gasteiger charge is -2.14. The largest absolute Gasteiger partial charge is 0.399 e. The van der Waals surface area contributed by atoms with Gasteiger partial charge in [-0.15, -0.1) is 0 Å². The molecule has 108 valence electrons. The fraction of sp³-hybridized carbons (Fsp3) is 0.500. The number of sulfonamides is 1. The fourth-order valence-electron chi connectivity index (χ4n) is 1.53. The number of halogens is 1. The first-order chi connectivity index (χ1) is 8.86. The second-order valence-corrected chi connectivity index (χ2v) is 7.27. The fourth-order valence-corrected chi connectivity index (χ4v) is 3.67. The minimum absolute atomic E-state index is 0.198. The molecule has 1 aromatic rings. The molecule has 1 atom stereocenters. The van der Waals surface area contributed by atoms with Crippen LogP contribution in [0.4, 0.5) is 10.1 Å². The Kier molecular flexibility index (Phi) is 6.09. The molecule has 0 aliphatic rings. The highest BCUT2D eigenvalue weighted by molar-refractivity contribution is 7.99. The van der Waals surface area contributed by atoms with Gasteiger partial charge in [-0.2, -0.15) is 11.8 Å². The number of thioether (sulfide) groups is 1. The number of nitrogen functional groups attached to an aromatic ring is 1. The summed E-state index contributed by atoms with van der Waals surface area (Å²) in [5.41, 5.74) is 5.59. The van der Waals surface area contributed by atoms with E-state index in [0.717, 1.165) is 17.6 Å². The van der Waals surface area contributed by atoms with Crippen LogP contribution in [0.1, 0.15) is 20.3 Å². The van der Waals surface area contributed by atoms with E-state index < -0.39 is 15.8 Å². The van der Waals surface area contributed by atoms with E-state index in [-0.39, 0.29) is 16.6 Å². The standard InChI is InChI=1S/C12H19FN2O2S2/c1-3-18-7-6-9(2)15-19(16,17)12-5-4-10(14)8-11(12)13/h4-5,8-9,15H,3,6-7,14H2,1-2H3. The molecular formula is C12H19FN2O2S2. The minimum atomic E-state index is -3.83. The van der Waals surface area contributed by atoms with Crippen LogP contribution >= 0.6 is 11.8 Å². The van der Waals surface area contributed by atoms with Crippen LogP contribution in [-0.2, 0) is 10.0 Å². The number of nitrogens with one attached hydrogen (secondary N) is 1. The molecule has 7 heteroatoms. The van der Waals surface area contributed by atoms with Crippen molar-refractivity contribution >= 4 is 27.5 Å². The van der Waals surface area contributed by atoms with Crippen molar-refractivity contribution in [2.45, 2.75) is 31.2 Å². The van der Waals surface area contributed by atoms with Crippen molar-refractivity contribution in [3.63, 3.8) is 0 Å². The summed E-state index contributed by atoms with van der Waals surface area (Å²) in [6.07, 6.45) is 0.703. The summed E-state index contributed by atoms with van der Waals surface area (Å²) in [6, 6.07) is 3.32. The van der Waals surface area contributed by atoms with Crippen molar-refractivity contribution in [2.75, 3.05) is 17.2 Å². The third-order valence-electron chi connectivity index (χ3n) is 2.50. The number of anilines is 1. The average Bonchev–Trinajstić information content (AvgIpc) is 2.27. The maximum atomic E-state index is 13.6. The molecule has 4 nitrogen and oxygen atoms in total. The van der Waals surface area contributed by atoms with E-state index in [1.165, 1.54) is 12.1 Å². The zero-order valence-electron chi connectivity index (χ0n) is 11.0. The van der Waals surface area contributed by atoms with Gasteiger partial charge in [0.15, 0.2) is 0 Å². The average molecular weight is 306 g/mol. The van der Waals surface area contributed by atoms with E-state index in [4.69, 9.17) is 5.73 Å². The van der Waals surface area contributed by atoms with Crippen LogP contribution in [0.2, 0.25) is 0 Å². The molecule has 0 heterocycles. The SMILES string of the molecule is CCSCCC(C)NS(=O)(=O)c1ccc(N)cc1F.